The number of piperidine rings is 1. The third-order valence-electron chi connectivity index (χ3n) is 3.35. The molecule has 1 rings (SSSR count). The maximum Gasteiger partial charge on any atom is 0.222 e. The first kappa shape index (κ1) is 14.5. The summed E-state index contributed by atoms with van der Waals surface area (Å²) in [7, 11) is 0. The van der Waals surface area contributed by atoms with E-state index in [4.69, 9.17) is 4.74 Å². The molecule has 2 N–H and O–H groups in total. The van der Waals surface area contributed by atoms with Crippen LogP contribution in [-0.4, -0.2) is 38.8 Å². The molecule has 2 atom stereocenters. The van der Waals surface area contributed by atoms with Gasteiger partial charge in [0.25, 0.3) is 0 Å². The lowest BCUT2D eigenvalue weighted by atomic mass is 9.88. The Labute approximate surface area is 104 Å². The van der Waals surface area contributed by atoms with Crippen LogP contribution < -0.4 is 10.6 Å². The van der Waals surface area contributed by atoms with Crippen molar-refractivity contribution in [1.82, 2.24) is 10.6 Å². The van der Waals surface area contributed by atoms with E-state index < -0.39 is 0 Å². The van der Waals surface area contributed by atoms with E-state index in [1.54, 1.807) is 0 Å². The second-order valence-corrected chi connectivity index (χ2v) is 4.90. The minimum atomic E-state index is 0.117. The Bertz CT molecular complexity index is 221. The van der Waals surface area contributed by atoms with Gasteiger partial charge in [-0.05, 0) is 37.8 Å². The standard InChI is InChI=1S/C13H26N2O2/c1-3-7-17-8-5-13(16)15-10-12-4-6-14-9-11(12)2/h11-12,14H,3-10H2,1-2H3,(H,15,16). The highest BCUT2D eigenvalue weighted by molar-refractivity contribution is 5.75. The number of rotatable bonds is 7. The highest BCUT2D eigenvalue weighted by Crippen LogP contribution is 2.17. The Kier molecular flexibility index (Phi) is 7.21. The second kappa shape index (κ2) is 8.48. The summed E-state index contributed by atoms with van der Waals surface area (Å²) in [5, 5.41) is 6.38. The van der Waals surface area contributed by atoms with E-state index in [1.165, 1.54) is 0 Å². The maximum absolute atomic E-state index is 11.5. The van der Waals surface area contributed by atoms with E-state index in [1.807, 2.05) is 0 Å². The molecule has 4 nitrogen and oxygen atoms in total. The van der Waals surface area contributed by atoms with E-state index in [-0.39, 0.29) is 5.91 Å². The summed E-state index contributed by atoms with van der Waals surface area (Å²) in [5.41, 5.74) is 0. The van der Waals surface area contributed by atoms with Crippen LogP contribution in [-0.2, 0) is 9.53 Å². The fourth-order valence-electron chi connectivity index (χ4n) is 2.12. The molecule has 0 bridgehead atoms. The van der Waals surface area contributed by atoms with Gasteiger partial charge in [-0.15, -0.1) is 0 Å². The van der Waals surface area contributed by atoms with E-state index >= 15 is 0 Å². The van der Waals surface area contributed by atoms with Gasteiger partial charge in [-0.2, -0.15) is 0 Å². The van der Waals surface area contributed by atoms with Crippen LogP contribution >= 0.6 is 0 Å². The fourth-order valence-corrected chi connectivity index (χ4v) is 2.12. The van der Waals surface area contributed by atoms with E-state index in [0.717, 1.165) is 39.1 Å². The first-order chi connectivity index (χ1) is 8.24. The second-order valence-electron chi connectivity index (χ2n) is 4.90. The van der Waals surface area contributed by atoms with Gasteiger partial charge < -0.3 is 15.4 Å². The first-order valence-corrected chi connectivity index (χ1v) is 6.79. The molecular formula is C13H26N2O2. The zero-order valence-corrected chi connectivity index (χ0v) is 11.1. The molecule has 100 valence electrons. The van der Waals surface area contributed by atoms with E-state index in [2.05, 4.69) is 24.5 Å². The van der Waals surface area contributed by atoms with Gasteiger partial charge >= 0.3 is 0 Å². The third-order valence-corrected chi connectivity index (χ3v) is 3.35. The fraction of sp³-hybridized carbons (Fsp3) is 0.923. The van der Waals surface area contributed by atoms with Gasteiger partial charge in [-0.1, -0.05) is 13.8 Å². The number of hydrogen-bond acceptors (Lipinski definition) is 3. The number of nitrogens with one attached hydrogen (secondary N) is 2. The summed E-state index contributed by atoms with van der Waals surface area (Å²) in [6.07, 6.45) is 2.65. The molecule has 0 saturated carbocycles. The van der Waals surface area contributed by atoms with Crippen LogP contribution in [0.25, 0.3) is 0 Å². The van der Waals surface area contributed by atoms with Crippen molar-refractivity contribution in [1.29, 1.82) is 0 Å². The monoisotopic (exact) mass is 242 g/mol. The lowest BCUT2D eigenvalue weighted by molar-refractivity contribution is -0.122. The van der Waals surface area contributed by atoms with Crippen molar-refractivity contribution in [2.24, 2.45) is 11.8 Å². The molecule has 2 unspecified atom stereocenters. The van der Waals surface area contributed by atoms with Gasteiger partial charge in [-0.3, -0.25) is 4.79 Å². The van der Waals surface area contributed by atoms with Gasteiger partial charge in [0.2, 0.25) is 5.91 Å². The minimum absolute atomic E-state index is 0.117. The van der Waals surface area contributed by atoms with E-state index in [9.17, 15) is 4.79 Å². The first-order valence-electron chi connectivity index (χ1n) is 6.79. The molecule has 0 spiro atoms. The number of hydrogen-bond donors (Lipinski definition) is 2. The molecule has 0 aromatic carbocycles. The zero-order chi connectivity index (χ0) is 12.5. The Balaban J connectivity index is 2.06. The van der Waals surface area contributed by atoms with Crippen LogP contribution in [0.2, 0.25) is 0 Å². The summed E-state index contributed by atoms with van der Waals surface area (Å²) in [6, 6.07) is 0. The molecule has 1 aliphatic heterocycles. The number of amides is 1. The van der Waals surface area contributed by atoms with Crippen LogP contribution in [0.5, 0.6) is 0 Å². The maximum atomic E-state index is 11.5. The average molecular weight is 242 g/mol. The van der Waals surface area contributed by atoms with Gasteiger partial charge in [-0.25, -0.2) is 0 Å². The molecule has 17 heavy (non-hydrogen) atoms. The normalized spacial score (nSPS) is 24.6. The lowest BCUT2D eigenvalue weighted by Gasteiger charge is -2.29. The van der Waals surface area contributed by atoms with Crippen molar-refractivity contribution in [3.63, 3.8) is 0 Å². The van der Waals surface area contributed by atoms with Crippen LogP contribution in [0.3, 0.4) is 0 Å². The molecule has 1 heterocycles. The number of carbonyl (C=O) groups is 1. The van der Waals surface area contributed by atoms with Crippen molar-refractivity contribution < 1.29 is 9.53 Å². The number of carbonyl (C=O) groups excluding carboxylic acids is 1. The summed E-state index contributed by atoms with van der Waals surface area (Å²) in [5.74, 6) is 1.39. The van der Waals surface area contributed by atoms with Crippen molar-refractivity contribution in [2.75, 3.05) is 32.8 Å². The third kappa shape index (κ3) is 6.03. The summed E-state index contributed by atoms with van der Waals surface area (Å²) in [6.45, 7) is 8.56. The van der Waals surface area contributed by atoms with Gasteiger partial charge in [0.05, 0.1) is 6.61 Å². The Morgan fingerprint density at radius 1 is 1.47 bits per heavy atom. The molecule has 0 aromatic heterocycles. The van der Waals surface area contributed by atoms with Crippen molar-refractivity contribution >= 4 is 5.91 Å². The summed E-state index contributed by atoms with van der Waals surface area (Å²) < 4.78 is 5.30. The zero-order valence-electron chi connectivity index (χ0n) is 11.1. The average Bonchev–Trinajstić information content (AvgIpc) is 2.34. The van der Waals surface area contributed by atoms with Gasteiger partial charge in [0.15, 0.2) is 0 Å². The molecule has 4 heteroatoms. The molecule has 1 saturated heterocycles. The highest BCUT2D eigenvalue weighted by Gasteiger charge is 2.21. The molecular weight excluding hydrogens is 216 g/mol. The quantitative estimate of drug-likeness (QED) is 0.659. The lowest BCUT2D eigenvalue weighted by Crippen LogP contribution is -2.41. The van der Waals surface area contributed by atoms with Crippen molar-refractivity contribution in [2.45, 2.75) is 33.1 Å². The van der Waals surface area contributed by atoms with Crippen LogP contribution in [0.4, 0.5) is 0 Å². The smallest absolute Gasteiger partial charge is 0.222 e. The molecule has 1 aliphatic rings. The Hall–Kier alpha value is -0.610. The topological polar surface area (TPSA) is 50.4 Å². The minimum Gasteiger partial charge on any atom is -0.381 e. The largest absolute Gasteiger partial charge is 0.381 e. The molecule has 0 aromatic rings. The molecule has 0 radical (unpaired) electrons. The van der Waals surface area contributed by atoms with Crippen LogP contribution in [0.1, 0.15) is 33.1 Å². The summed E-state index contributed by atoms with van der Waals surface area (Å²) in [4.78, 5) is 11.5. The van der Waals surface area contributed by atoms with Gasteiger partial charge in [0.1, 0.15) is 0 Å². The van der Waals surface area contributed by atoms with E-state index in [0.29, 0.717) is 24.9 Å². The van der Waals surface area contributed by atoms with Crippen LogP contribution in [0.15, 0.2) is 0 Å². The predicted octanol–water partition coefficient (Wildman–Crippen LogP) is 1.16. The summed E-state index contributed by atoms with van der Waals surface area (Å²) >= 11 is 0. The molecule has 0 aliphatic carbocycles. The SMILES string of the molecule is CCCOCCC(=O)NCC1CCNCC1C. The number of ether oxygens (including phenoxy) is 1. The Morgan fingerprint density at radius 3 is 3.00 bits per heavy atom. The molecule has 1 fully saturated rings. The highest BCUT2D eigenvalue weighted by atomic mass is 16.5. The van der Waals surface area contributed by atoms with Gasteiger partial charge in [0, 0.05) is 19.6 Å². The Morgan fingerprint density at radius 2 is 2.29 bits per heavy atom. The van der Waals surface area contributed by atoms with Crippen LogP contribution in [0, 0.1) is 11.8 Å². The van der Waals surface area contributed by atoms with Crippen molar-refractivity contribution in [3.05, 3.63) is 0 Å². The predicted molar refractivity (Wildman–Crippen MR) is 68.9 cm³/mol. The molecule has 1 amide bonds. The van der Waals surface area contributed by atoms with Crippen molar-refractivity contribution in [3.8, 4) is 0 Å².